The van der Waals surface area contributed by atoms with Crippen LogP contribution in [0.4, 0.5) is 0 Å². The standard InChI is InChI=1S/C13H18N2O4/c1-17-7-4-15(5-8-18-2)13(16)11-9-12-10(14-11)3-6-19-12/h3,6,9,14H,4-5,7-8H2,1-2H3. The highest BCUT2D eigenvalue weighted by atomic mass is 16.5. The average Bonchev–Trinajstić information content (AvgIpc) is 2.99. The van der Waals surface area contributed by atoms with Crippen LogP contribution in [0.15, 0.2) is 22.8 Å². The molecular weight excluding hydrogens is 248 g/mol. The summed E-state index contributed by atoms with van der Waals surface area (Å²) in [6, 6.07) is 3.50. The summed E-state index contributed by atoms with van der Waals surface area (Å²) in [5.41, 5.74) is 2.02. The molecule has 2 aromatic rings. The molecule has 0 saturated carbocycles. The second kappa shape index (κ2) is 6.40. The third kappa shape index (κ3) is 3.15. The van der Waals surface area contributed by atoms with Gasteiger partial charge in [0.15, 0.2) is 5.58 Å². The van der Waals surface area contributed by atoms with Crippen LogP contribution in [0.3, 0.4) is 0 Å². The number of hydrogen-bond acceptors (Lipinski definition) is 4. The number of hydrogen-bond donors (Lipinski definition) is 1. The Morgan fingerprint density at radius 2 is 2.00 bits per heavy atom. The van der Waals surface area contributed by atoms with Gasteiger partial charge in [0, 0.05) is 39.4 Å². The molecule has 104 valence electrons. The van der Waals surface area contributed by atoms with Gasteiger partial charge in [-0.15, -0.1) is 0 Å². The number of aromatic nitrogens is 1. The first-order valence-corrected chi connectivity index (χ1v) is 6.09. The van der Waals surface area contributed by atoms with Crippen molar-refractivity contribution in [1.29, 1.82) is 0 Å². The molecule has 0 aliphatic rings. The highest BCUT2D eigenvalue weighted by Crippen LogP contribution is 2.17. The molecule has 0 radical (unpaired) electrons. The number of methoxy groups -OCH3 is 2. The fraction of sp³-hybridized carbons (Fsp3) is 0.462. The molecule has 0 aliphatic carbocycles. The van der Waals surface area contributed by atoms with E-state index in [0.717, 1.165) is 5.52 Å². The predicted molar refractivity (Wildman–Crippen MR) is 70.2 cm³/mol. The lowest BCUT2D eigenvalue weighted by Gasteiger charge is -2.21. The van der Waals surface area contributed by atoms with Crippen molar-refractivity contribution in [2.45, 2.75) is 0 Å². The quantitative estimate of drug-likeness (QED) is 0.824. The molecule has 0 aliphatic heterocycles. The number of aromatic amines is 1. The molecular formula is C13H18N2O4. The van der Waals surface area contributed by atoms with Crippen LogP contribution in [0.2, 0.25) is 0 Å². The van der Waals surface area contributed by atoms with Crippen molar-refractivity contribution < 1.29 is 18.7 Å². The summed E-state index contributed by atoms with van der Waals surface area (Å²) in [6.45, 7) is 2.04. The number of ether oxygens (including phenoxy) is 2. The van der Waals surface area contributed by atoms with Crippen LogP contribution in [0.5, 0.6) is 0 Å². The van der Waals surface area contributed by atoms with Crippen LogP contribution < -0.4 is 0 Å². The van der Waals surface area contributed by atoms with E-state index in [-0.39, 0.29) is 5.91 Å². The van der Waals surface area contributed by atoms with Gasteiger partial charge in [0.05, 0.1) is 25.0 Å². The lowest BCUT2D eigenvalue weighted by Crippen LogP contribution is -2.36. The molecule has 0 fully saturated rings. The van der Waals surface area contributed by atoms with Crippen LogP contribution in [-0.4, -0.2) is 56.3 Å². The van der Waals surface area contributed by atoms with Crippen LogP contribution in [0.1, 0.15) is 10.5 Å². The van der Waals surface area contributed by atoms with Gasteiger partial charge in [0.2, 0.25) is 0 Å². The van der Waals surface area contributed by atoms with Gasteiger partial charge in [-0.2, -0.15) is 0 Å². The molecule has 2 rings (SSSR count). The van der Waals surface area contributed by atoms with Crippen LogP contribution in [0.25, 0.3) is 11.1 Å². The van der Waals surface area contributed by atoms with Gasteiger partial charge in [-0.25, -0.2) is 0 Å². The van der Waals surface area contributed by atoms with E-state index in [0.29, 0.717) is 37.6 Å². The summed E-state index contributed by atoms with van der Waals surface area (Å²) in [4.78, 5) is 17.1. The van der Waals surface area contributed by atoms with E-state index >= 15 is 0 Å². The maximum Gasteiger partial charge on any atom is 0.270 e. The van der Waals surface area contributed by atoms with Crippen molar-refractivity contribution in [1.82, 2.24) is 9.88 Å². The van der Waals surface area contributed by atoms with E-state index in [4.69, 9.17) is 13.9 Å². The van der Waals surface area contributed by atoms with Crippen LogP contribution >= 0.6 is 0 Å². The maximum atomic E-state index is 12.4. The molecule has 0 aromatic carbocycles. The Morgan fingerprint density at radius 3 is 2.58 bits per heavy atom. The lowest BCUT2D eigenvalue weighted by molar-refractivity contribution is 0.0622. The van der Waals surface area contributed by atoms with Crippen molar-refractivity contribution in [2.75, 3.05) is 40.5 Å². The molecule has 19 heavy (non-hydrogen) atoms. The molecule has 1 N–H and O–H groups in total. The maximum absolute atomic E-state index is 12.4. The number of fused-ring (bicyclic) bond motifs is 1. The highest BCUT2D eigenvalue weighted by molar-refractivity contribution is 5.96. The Morgan fingerprint density at radius 1 is 1.32 bits per heavy atom. The Kier molecular flexibility index (Phi) is 4.59. The second-order valence-electron chi connectivity index (χ2n) is 4.16. The first kappa shape index (κ1) is 13.6. The topological polar surface area (TPSA) is 67.7 Å². The molecule has 2 aromatic heterocycles. The van der Waals surface area contributed by atoms with E-state index in [2.05, 4.69) is 4.98 Å². The van der Waals surface area contributed by atoms with E-state index in [1.54, 1.807) is 37.5 Å². The average molecular weight is 266 g/mol. The number of nitrogens with zero attached hydrogens (tertiary/aromatic N) is 1. The minimum atomic E-state index is -0.0829. The molecule has 2 heterocycles. The zero-order chi connectivity index (χ0) is 13.7. The molecule has 0 unspecified atom stereocenters. The highest BCUT2D eigenvalue weighted by Gasteiger charge is 2.18. The zero-order valence-electron chi connectivity index (χ0n) is 11.1. The monoisotopic (exact) mass is 266 g/mol. The number of nitrogens with one attached hydrogen (secondary N) is 1. The van der Waals surface area contributed by atoms with Gasteiger partial charge in [0.25, 0.3) is 5.91 Å². The predicted octanol–water partition coefficient (Wildman–Crippen LogP) is 1.50. The Hall–Kier alpha value is -1.79. The van der Waals surface area contributed by atoms with E-state index in [9.17, 15) is 4.79 Å². The summed E-state index contributed by atoms with van der Waals surface area (Å²) in [6.07, 6.45) is 1.59. The lowest BCUT2D eigenvalue weighted by atomic mass is 10.3. The molecule has 6 heteroatoms. The molecule has 0 bridgehead atoms. The normalized spacial score (nSPS) is 11.1. The third-order valence-electron chi connectivity index (χ3n) is 2.89. The van der Waals surface area contributed by atoms with Crippen LogP contribution in [-0.2, 0) is 9.47 Å². The van der Waals surface area contributed by atoms with Gasteiger partial charge < -0.3 is 23.8 Å². The van der Waals surface area contributed by atoms with Crippen molar-refractivity contribution in [3.63, 3.8) is 0 Å². The van der Waals surface area contributed by atoms with Gasteiger partial charge in [-0.3, -0.25) is 4.79 Å². The van der Waals surface area contributed by atoms with Gasteiger partial charge >= 0.3 is 0 Å². The SMILES string of the molecule is COCCN(CCOC)C(=O)c1cc2occc2[nH]1. The fourth-order valence-electron chi connectivity index (χ4n) is 1.85. The summed E-state index contributed by atoms with van der Waals surface area (Å²) in [5.74, 6) is -0.0829. The van der Waals surface area contributed by atoms with E-state index < -0.39 is 0 Å². The van der Waals surface area contributed by atoms with Crippen molar-refractivity contribution in [2.24, 2.45) is 0 Å². The summed E-state index contributed by atoms with van der Waals surface area (Å²) in [5, 5.41) is 0. The smallest absolute Gasteiger partial charge is 0.270 e. The first-order valence-electron chi connectivity index (χ1n) is 6.09. The summed E-state index contributed by atoms with van der Waals surface area (Å²) < 4.78 is 15.3. The number of rotatable bonds is 7. The van der Waals surface area contributed by atoms with Crippen molar-refractivity contribution in [3.05, 3.63) is 24.1 Å². The number of carbonyl (C=O) groups excluding carboxylic acids is 1. The number of amides is 1. The van der Waals surface area contributed by atoms with Gasteiger partial charge in [-0.05, 0) is 0 Å². The summed E-state index contributed by atoms with van der Waals surface area (Å²) in [7, 11) is 3.22. The van der Waals surface area contributed by atoms with Gasteiger partial charge in [-0.1, -0.05) is 0 Å². The molecule has 0 spiro atoms. The minimum Gasteiger partial charge on any atom is -0.463 e. The fourth-order valence-corrected chi connectivity index (χ4v) is 1.85. The third-order valence-corrected chi connectivity index (χ3v) is 2.89. The summed E-state index contributed by atoms with van der Waals surface area (Å²) >= 11 is 0. The number of carbonyl (C=O) groups is 1. The van der Waals surface area contributed by atoms with E-state index in [1.807, 2.05) is 0 Å². The molecule has 1 amide bonds. The Labute approximate surface area is 111 Å². The number of furan rings is 1. The molecule has 0 atom stereocenters. The van der Waals surface area contributed by atoms with Crippen molar-refractivity contribution in [3.8, 4) is 0 Å². The zero-order valence-corrected chi connectivity index (χ0v) is 11.1. The molecule has 0 saturated heterocycles. The Balaban J connectivity index is 2.10. The second-order valence-corrected chi connectivity index (χ2v) is 4.16. The largest absolute Gasteiger partial charge is 0.463 e. The van der Waals surface area contributed by atoms with Crippen molar-refractivity contribution >= 4 is 17.0 Å². The first-order chi connectivity index (χ1) is 9.26. The minimum absolute atomic E-state index is 0.0829. The van der Waals surface area contributed by atoms with E-state index in [1.165, 1.54) is 0 Å². The Bertz CT molecular complexity index is 495. The number of H-pyrrole nitrogens is 1. The van der Waals surface area contributed by atoms with Crippen LogP contribution in [0, 0.1) is 0 Å². The molecule has 6 nitrogen and oxygen atoms in total. The van der Waals surface area contributed by atoms with Gasteiger partial charge in [0.1, 0.15) is 5.69 Å².